The standard InChI is InChI=1S/C6H7/c1-2-5(1)6-3-4-6/h1H,2-4H2/q+1. The fraction of sp³-hybridized carbons (Fsp3) is 0.500. The van der Waals surface area contributed by atoms with Crippen molar-refractivity contribution < 1.29 is 0 Å². The lowest BCUT2D eigenvalue weighted by molar-refractivity contribution is 1.41. The summed E-state index contributed by atoms with van der Waals surface area (Å²) in [7, 11) is 0. The maximum Gasteiger partial charge on any atom is 0.129 e. The summed E-state index contributed by atoms with van der Waals surface area (Å²) >= 11 is 0. The van der Waals surface area contributed by atoms with Crippen LogP contribution in [0.4, 0.5) is 0 Å². The summed E-state index contributed by atoms with van der Waals surface area (Å²) in [5, 5.41) is 0. The van der Waals surface area contributed by atoms with Gasteiger partial charge in [0.25, 0.3) is 0 Å². The molecule has 0 aromatic carbocycles. The summed E-state index contributed by atoms with van der Waals surface area (Å²) in [4.78, 5) is 0. The first kappa shape index (κ1) is 2.73. The molecule has 1 saturated carbocycles. The lowest BCUT2D eigenvalue weighted by Crippen LogP contribution is -1.56. The van der Waals surface area contributed by atoms with E-state index >= 15 is 0 Å². The highest BCUT2D eigenvalue weighted by atomic mass is 14.3. The number of hydrogen-bond donors (Lipinski definition) is 0. The van der Waals surface area contributed by atoms with E-state index in [4.69, 9.17) is 0 Å². The molecule has 0 aliphatic heterocycles. The van der Waals surface area contributed by atoms with Gasteiger partial charge in [0.2, 0.25) is 0 Å². The highest BCUT2D eigenvalue weighted by molar-refractivity contribution is 5.43. The molecule has 0 atom stereocenters. The predicted molar refractivity (Wildman–Crippen MR) is 25.2 cm³/mol. The first-order chi connectivity index (χ1) is 2.97. The first-order valence-corrected chi connectivity index (χ1v) is 2.51. The van der Waals surface area contributed by atoms with Crippen molar-refractivity contribution in [3.63, 3.8) is 0 Å². The topological polar surface area (TPSA) is 0 Å². The molecule has 2 rings (SSSR count). The van der Waals surface area contributed by atoms with Crippen molar-refractivity contribution in [2.24, 2.45) is 0 Å². The fourth-order valence-electron chi connectivity index (χ4n) is 0.723. The molecular formula is C6H7+. The zero-order chi connectivity index (χ0) is 3.98. The third-order valence-electron chi connectivity index (χ3n) is 1.36. The highest BCUT2D eigenvalue weighted by Gasteiger charge is 2.41. The summed E-state index contributed by atoms with van der Waals surface area (Å²) in [6.07, 6.45) is 6.44. The van der Waals surface area contributed by atoms with Crippen LogP contribution in [0.25, 0.3) is 0 Å². The molecule has 0 heteroatoms. The Balaban J connectivity index is 2.07. The van der Waals surface area contributed by atoms with Gasteiger partial charge in [0.1, 0.15) is 5.57 Å². The van der Waals surface area contributed by atoms with E-state index in [-0.39, 0.29) is 0 Å². The van der Waals surface area contributed by atoms with Gasteiger partial charge in [-0.15, -0.1) is 0 Å². The maximum atomic E-state index is 2.31. The number of allylic oxidation sites excluding steroid dienone is 2. The van der Waals surface area contributed by atoms with Crippen LogP contribution < -0.4 is 0 Å². The van der Waals surface area contributed by atoms with Crippen molar-refractivity contribution >= 4 is 0 Å². The minimum atomic E-state index is 1.31. The summed E-state index contributed by atoms with van der Waals surface area (Å²) < 4.78 is 0. The molecule has 1 fully saturated rings. The van der Waals surface area contributed by atoms with Crippen molar-refractivity contribution in [3.8, 4) is 0 Å². The third-order valence-corrected chi connectivity index (χ3v) is 1.36. The molecular weight excluding hydrogens is 72.1 g/mol. The molecule has 0 saturated heterocycles. The van der Waals surface area contributed by atoms with E-state index in [1.807, 2.05) is 0 Å². The van der Waals surface area contributed by atoms with E-state index in [0.717, 1.165) is 0 Å². The Labute approximate surface area is 37.9 Å². The number of rotatable bonds is 1. The largest absolute Gasteiger partial charge is 0.129 e. The second-order valence-electron chi connectivity index (χ2n) is 2.04. The van der Waals surface area contributed by atoms with Crippen LogP contribution >= 0.6 is 0 Å². The Bertz CT molecular complexity index is 96.6. The van der Waals surface area contributed by atoms with Crippen LogP contribution in [0.15, 0.2) is 11.6 Å². The number of hydrogen-bond acceptors (Lipinski definition) is 0. The van der Waals surface area contributed by atoms with Crippen molar-refractivity contribution in [3.05, 3.63) is 17.6 Å². The first-order valence-electron chi connectivity index (χ1n) is 2.51. The molecule has 0 radical (unpaired) electrons. The zero-order valence-electron chi connectivity index (χ0n) is 3.70. The normalized spacial score (nSPS) is 26.7. The Kier molecular flexibility index (Phi) is 0.296. The summed E-state index contributed by atoms with van der Waals surface area (Å²) in [5.41, 5.74) is 1.66. The van der Waals surface area contributed by atoms with Crippen molar-refractivity contribution in [2.75, 3.05) is 0 Å². The van der Waals surface area contributed by atoms with Gasteiger partial charge < -0.3 is 0 Å². The molecule has 0 aromatic rings. The average molecular weight is 79.1 g/mol. The summed E-state index contributed by atoms with van der Waals surface area (Å²) in [5.74, 6) is 1.73. The van der Waals surface area contributed by atoms with Crippen molar-refractivity contribution in [1.29, 1.82) is 0 Å². The van der Waals surface area contributed by atoms with Crippen molar-refractivity contribution in [1.82, 2.24) is 0 Å². The van der Waals surface area contributed by atoms with Gasteiger partial charge in [-0.3, -0.25) is 0 Å². The van der Waals surface area contributed by atoms with E-state index in [1.54, 1.807) is 11.5 Å². The summed E-state index contributed by atoms with van der Waals surface area (Å²) in [6.45, 7) is 0. The maximum absolute atomic E-state index is 2.31. The van der Waals surface area contributed by atoms with Crippen LogP contribution in [-0.4, -0.2) is 0 Å². The van der Waals surface area contributed by atoms with Crippen LogP contribution in [0.2, 0.25) is 0 Å². The molecule has 6 heavy (non-hydrogen) atoms. The predicted octanol–water partition coefficient (Wildman–Crippen LogP) is 1.68. The van der Waals surface area contributed by atoms with Gasteiger partial charge in [-0.05, 0) is 0 Å². The molecule has 0 N–H and O–H groups in total. The van der Waals surface area contributed by atoms with E-state index in [9.17, 15) is 0 Å². The van der Waals surface area contributed by atoms with E-state index < -0.39 is 0 Å². The van der Waals surface area contributed by atoms with Gasteiger partial charge in [-0.2, -0.15) is 0 Å². The highest BCUT2D eigenvalue weighted by Crippen LogP contribution is 2.46. The van der Waals surface area contributed by atoms with Gasteiger partial charge in [0, 0.05) is 0 Å². The van der Waals surface area contributed by atoms with Crippen LogP contribution in [0, 0.1) is 5.92 Å². The smallest absolute Gasteiger partial charge is 0.0543 e. The van der Waals surface area contributed by atoms with E-state index in [1.165, 1.54) is 19.3 Å². The molecule has 0 bridgehead atoms. The van der Waals surface area contributed by atoms with Crippen LogP contribution in [-0.2, 0) is 0 Å². The van der Waals surface area contributed by atoms with Crippen LogP contribution in [0.5, 0.6) is 0 Å². The minimum Gasteiger partial charge on any atom is 0.0543 e. The molecule has 30 valence electrons. The molecule has 0 heterocycles. The minimum absolute atomic E-state index is 1.31. The molecule has 0 spiro atoms. The second kappa shape index (κ2) is 0.651. The second-order valence-corrected chi connectivity index (χ2v) is 2.04. The van der Waals surface area contributed by atoms with E-state index in [2.05, 4.69) is 6.08 Å². The van der Waals surface area contributed by atoms with Gasteiger partial charge in [0.05, 0.1) is 31.3 Å². The van der Waals surface area contributed by atoms with Gasteiger partial charge in [0.15, 0.2) is 0 Å². The lowest BCUT2D eigenvalue weighted by atomic mass is 10.3. The Morgan fingerprint density at radius 3 is 2.33 bits per heavy atom. The SMILES string of the molecule is C1=C([C+]2CC2)C1. The fourth-order valence-corrected chi connectivity index (χ4v) is 0.723. The zero-order valence-corrected chi connectivity index (χ0v) is 3.70. The van der Waals surface area contributed by atoms with Crippen LogP contribution in [0.1, 0.15) is 19.3 Å². The molecule has 0 aromatic heterocycles. The van der Waals surface area contributed by atoms with Gasteiger partial charge in [-0.25, -0.2) is 0 Å². The molecule has 0 amide bonds. The Morgan fingerprint density at radius 1 is 1.50 bits per heavy atom. The summed E-state index contributed by atoms with van der Waals surface area (Å²) in [6, 6.07) is 0. The monoisotopic (exact) mass is 79.1 g/mol. The molecule has 2 aliphatic rings. The molecule has 0 unspecified atom stereocenters. The Hall–Kier alpha value is -0.390. The third kappa shape index (κ3) is 0.266. The molecule has 0 nitrogen and oxygen atoms in total. The van der Waals surface area contributed by atoms with Gasteiger partial charge in [-0.1, -0.05) is 0 Å². The molecule has 2 aliphatic carbocycles. The Morgan fingerprint density at radius 2 is 2.17 bits per heavy atom. The van der Waals surface area contributed by atoms with Crippen molar-refractivity contribution in [2.45, 2.75) is 19.3 Å². The lowest BCUT2D eigenvalue weighted by Gasteiger charge is -1.59. The van der Waals surface area contributed by atoms with Gasteiger partial charge >= 0.3 is 0 Å². The van der Waals surface area contributed by atoms with E-state index in [0.29, 0.717) is 0 Å². The quantitative estimate of drug-likeness (QED) is 0.419. The van der Waals surface area contributed by atoms with Crippen LogP contribution in [0.3, 0.4) is 0 Å². The average Bonchev–Trinajstić information content (AvgIpc) is 2.26.